The Balaban J connectivity index is 2.21. The minimum absolute atomic E-state index is 0.0170. The van der Waals surface area contributed by atoms with Crippen LogP contribution in [0.3, 0.4) is 0 Å². The van der Waals surface area contributed by atoms with Gasteiger partial charge in [0.15, 0.2) is 0 Å². The molecule has 0 saturated heterocycles. The second kappa shape index (κ2) is 6.64. The van der Waals surface area contributed by atoms with Gasteiger partial charge in [0.25, 0.3) is 5.69 Å². The van der Waals surface area contributed by atoms with Crippen LogP contribution in [-0.4, -0.2) is 40.6 Å². The Kier molecular flexibility index (Phi) is 4.83. The van der Waals surface area contributed by atoms with Crippen LogP contribution in [0.4, 0.5) is 20.2 Å². The third-order valence-electron chi connectivity index (χ3n) is 2.86. The third-order valence-corrected chi connectivity index (χ3v) is 4.24. The molecule has 0 aliphatic carbocycles. The van der Waals surface area contributed by atoms with Crippen molar-refractivity contribution in [1.29, 1.82) is 0 Å². The van der Waals surface area contributed by atoms with Gasteiger partial charge in [-0.15, -0.1) is 5.10 Å². The molecule has 9 nitrogen and oxygen atoms in total. The second-order valence-corrected chi connectivity index (χ2v) is 6.25. The molecule has 2 rings (SSSR count). The van der Waals surface area contributed by atoms with Gasteiger partial charge >= 0.3 is 5.76 Å². The van der Waals surface area contributed by atoms with Gasteiger partial charge in [0.2, 0.25) is 9.84 Å². The summed E-state index contributed by atoms with van der Waals surface area (Å²) in [4.78, 5) is 9.37. The first-order valence-electron chi connectivity index (χ1n) is 6.21. The first-order valence-corrected chi connectivity index (χ1v) is 7.75. The van der Waals surface area contributed by atoms with E-state index in [1.165, 1.54) is 10.9 Å². The molecule has 0 aliphatic rings. The maximum atomic E-state index is 12.5. The van der Waals surface area contributed by atoms with Crippen LogP contribution >= 0.6 is 0 Å². The van der Waals surface area contributed by atoms with Crippen molar-refractivity contribution in [2.75, 3.05) is 11.9 Å². The van der Waals surface area contributed by atoms with Gasteiger partial charge in [-0.05, 0) is 12.1 Å². The lowest BCUT2D eigenvalue weighted by Crippen LogP contribution is -2.14. The highest BCUT2D eigenvalue weighted by atomic mass is 32.2. The van der Waals surface area contributed by atoms with Crippen LogP contribution in [0.2, 0.25) is 0 Å². The number of nitro groups is 1. The number of benzene rings is 1. The summed E-state index contributed by atoms with van der Waals surface area (Å²) in [6, 6.07) is 2.58. The predicted molar refractivity (Wildman–Crippen MR) is 74.8 cm³/mol. The molecule has 1 N–H and O–H groups in total. The van der Waals surface area contributed by atoms with Crippen molar-refractivity contribution in [2.45, 2.75) is 17.2 Å². The Bertz CT molecular complexity index is 795. The average molecular weight is 347 g/mol. The van der Waals surface area contributed by atoms with E-state index in [0.29, 0.717) is 12.6 Å². The number of sulfone groups is 1. The molecule has 0 spiro atoms. The monoisotopic (exact) mass is 347 g/mol. The zero-order valence-corrected chi connectivity index (χ0v) is 12.3. The standard InChI is InChI=1S/C11H11F2N5O4S/c12-11(13)23(21,22)8-1-2-9(10(7-8)18(19)20)14-3-5-17-6-4-15-16-17/h1-2,4,6-7,11,14H,3,5H2. The zero-order valence-electron chi connectivity index (χ0n) is 11.5. The number of nitro benzene ring substituents is 1. The van der Waals surface area contributed by atoms with Crippen LogP contribution in [0.25, 0.3) is 0 Å². The van der Waals surface area contributed by atoms with E-state index < -0.39 is 31.1 Å². The lowest BCUT2D eigenvalue weighted by atomic mass is 10.2. The molecule has 1 aromatic carbocycles. The molecule has 0 aliphatic heterocycles. The summed E-state index contributed by atoms with van der Waals surface area (Å²) >= 11 is 0. The molecular weight excluding hydrogens is 336 g/mol. The fourth-order valence-corrected chi connectivity index (χ4v) is 2.49. The maximum absolute atomic E-state index is 12.5. The van der Waals surface area contributed by atoms with Crippen LogP contribution in [0, 0.1) is 10.1 Å². The molecule has 2 aromatic rings. The molecule has 0 amide bonds. The molecule has 23 heavy (non-hydrogen) atoms. The summed E-state index contributed by atoms with van der Waals surface area (Å²) < 4.78 is 49.2. The number of nitrogens with zero attached hydrogens (tertiary/aromatic N) is 4. The van der Waals surface area contributed by atoms with Crippen LogP contribution < -0.4 is 5.32 Å². The fourth-order valence-electron chi connectivity index (χ4n) is 1.75. The van der Waals surface area contributed by atoms with Gasteiger partial charge in [-0.3, -0.25) is 14.8 Å². The van der Waals surface area contributed by atoms with Gasteiger partial charge in [0.1, 0.15) is 5.69 Å². The summed E-state index contributed by atoms with van der Waals surface area (Å²) in [6.07, 6.45) is 3.06. The number of aromatic nitrogens is 3. The molecule has 0 saturated carbocycles. The highest BCUT2D eigenvalue weighted by Gasteiger charge is 2.29. The van der Waals surface area contributed by atoms with Crippen LogP contribution in [0.15, 0.2) is 35.5 Å². The highest BCUT2D eigenvalue weighted by molar-refractivity contribution is 7.91. The van der Waals surface area contributed by atoms with Gasteiger partial charge in [-0.1, -0.05) is 5.21 Å². The average Bonchev–Trinajstić information content (AvgIpc) is 3.00. The Morgan fingerprint density at radius 1 is 1.39 bits per heavy atom. The van der Waals surface area contributed by atoms with Crippen molar-refractivity contribution in [3.05, 3.63) is 40.7 Å². The lowest BCUT2D eigenvalue weighted by Gasteiger charge is -2.09. The summed E-state index contributed by atoms with van der Waals surface area (Å²) in [5, 5.41) is 21.0. The summed E-state index contributed by atoms with van der Waals surface area (Å²) in [6.45, 7) is 0.597. The number of hydrogen-bond acceptors (Lipinski definition) is 7. The molecule has 0 atom stereocenters. The van der Waals surface area contributed by atoms with E-state index in [1.54, 1.807) is 6.20 Å². The Hall–Kier alpha value is -2.63. The molecule has 0 fully saturated rings. The molecular formula is C11H11F2N5O4S. The topological polar surface area (TPSA) is 120 Å². The molecule has 0 bridgehead atoms. The summed E-state index contributed by atoms with van der Waals surface area (Å²) in [7, 11) is -4.89. The molecule has 0 radical (unpaired) electrons. The fraction of sp³-hybridized carbons (Fsp3) is 0.273. The number of hydrogen-bond donors (Lipinski definition) is 1. The molecule has 1 heterocycles. The van der Waals surface area contributed by atoms with E-state index >= 15 is 0 Å². The van der Waals surface area contributed by atoms with Crippen LogP contribution in [-0.2, 0) is 16.4 Å². The van der Waals surface area contributed by atoms with Crippen molar-refractivity contribution >= 4 is 21.2 Å². The van der Waals surface area contributed by atoms with Gasteiger partial charge in [-0.25, -0.2) is 8.42 Å². The van der Waals surface area contributed by atoms with E-state index in [1.807, 2.05) is 0 Å². The Morgan fingerprint density at radius 3 is 2.70 bits per heavy atom. The number of rotatable bonds is 7. The Morgan fingerprint density at radius 2 is 2.13 bits per heavy atom. The molecule has 12 heteroatoms. The quantitative estimate of drug-likeness (QED) is 0.592. The molecule has 124 valence electrons. The zero-order chi connectivity index (χ0) is 17.0. The van der Waals surface area contributed by atoms with Crippen LogP contribution in [0.5, 0.6) is 0 Å². The van der Waals surface area contributed by atoms with Gasteiger partial charge < -0.3 is 5.32 Å². The van der Waals surface area contributed by atoms with Crippen molar-refractivity contribution in [3.63, 3.8) is 0 Å². The van der Waals surface area contributed by atoms with Crippen molar-refractivity contribution in [2.24, 2.45) is 0 Å². The number of halogens is 2. The Labute approximate surface area is 129 Å². The van der Waals surface area contributed by atoms with E-state index in [-0.39, 0.29) is 12.2 Å². The molecule has 1 aromatic heterocycles. The maximum Gasteiger partial charge on any atom is 0.341 e. The first kappa shape index (κ1) is 16.7. The van der Waals surface area contributed by atoms with E-state index in [9.17, 15) is 27.3 Å². The predicted octanol–water partition coefficient (Wildman–Crippen LogP) is 1.29. The smallest absolute Gasteiger partial charge is 0.341 e. The second-order valence-electron chi connectivity index (χ2n) is 4.33. The number of anilines is 1. The first-order chi connectivity index (χ1) is 10.8. The van der Waals surface area contributed by atoms with E-state index in [0.717, 1.165) is 12.1 Å². The van der Waals surface area contributed by atoms with Crippen molar-refractivity contribution in [1.82, 2.24) is 15.0 Å². The number of nitrogens with one attached hydrogen (secondary N) is 1. The van der Waals surface area contributed by atoms with Gasteiger partial charge in [0, 0.05) is 18.8 Å². The lowest BCUT2D eigenvalue weighted by molar-refractivity contribution is -0.384. The summed E-state index contributed by atoms with van der Waals surface area (Å²) in [5.74, 6) is -3.65. The van der Waals surface area contributed by atoms with E-state index in [2.05, 4.69) is 15.6 Å². The number of alkyl halides is 2. The minimum atomic E-state index is -4.89. The third kappa shape index (κ3) is 3.77. The molecule has 0 unspecified atom stereocenters. The van der Waals surface area contributed by atoms with Gasteiger partial charge in [0.05, 0.1) is 22.6 Å². The van der Waals surface area contributed by atoms with Crippen LogP contribution in [0.1, 0.15) is 0 Å². The SMILES string of the molecule is O=[N+]([O-])c1cc(S(=O)(=O)C(F)F)ccc1NCCn1ccnn1. The van der Waals surface area contributed by atoms with Crippen molar-refractivity contribution < 1.29 is 22.1 Å². The normalized spacial score (nSPS) is 11.6. The summed E-state index contributed by atoms with van der Waals surface area (Å²) in [5.41, 5.74) is -0.589. The largest absolute Gasteiger partial charge is 0.378 e. The van der Waals surface area contributed by atoms with E-state index in [4.69, 9.17) is 0 Å². The van der Waals surface area contributed by atoms with Crippen molar-refractivity contribution in [3.8, 4) is 0 Å². The highest BCUT2D eigenvalue weighted by Crippen LogP contribution is 2.29. The van der Waals surface area contributed by atoms with Gasteiger partial charge in [-0.2, -0.15) is 8.78 Å². The minimum Gasteiger partial charge on any atom is -0.378 e.